The summed E-state index contributed by atoms with van der Waals surface area (Å²) in [5, 5.41) is 2.99. The Morgan fingerprint density at radius 3 is 2.32 bits per heavy atom. The standard InChI is InChI=1S/C23H30N2O3/c1-6-17-7-11-19(12-8-17)20(25(2)3)16-24-23(26)14-10-18-9-13-21(27-4)22(15-18)28-5/h7-15,20H,6,16H2,1-5H3,(H,24,26)/b14-10+. The molecule has 1 N–H and O–H groups in total. The molecule has 0 spiro atoms. The van der Waals surface area contributed by atoms with Crippen LogP contribution in [-0.2, 0) is 11.2 Å². The van der Waals surface area contributed by atoms with Gasteiger partial charge in [0.2, 0.25) is 5.91 Å². The van der Waals surface area contributed by atoms with Gasteiger partial charge in [-0.15, -0.1) is 0 Å². The fraction of sp³-hybridized carbons (Fsp3) is 0.348. The summed E-state index contributed by atoms with van der Waals surface area (Å²) in [5.41, 5.74) is 3.36. The van der Waals surface area contributed by atoms with E-state index in [1.54, 1.807) is 20.3 Å². The maximum absolute atomic E-state index is 12.3. The van der Waals surface area contributed by atoms with Crippen molar-refractivity contribution in [2.75, 3.05) is 34.9 Å². The quantitative estimate of drug-likeness (QED) is 0.672. The van der Waals surface area contributed by atoms with Crippen LogP contribution in [0.5, 0.6) is 11.5 Å². The van der Waals surface area contributed by atoms with Crippen molar-refractivity contribution in [3.05, 3.63) is 65.2 Å². The van der Waals surface area contributed by atoms with Gasteiger partial charge in [0.05, 0.1) is 20.3 Å². The van der Waals surface area contributed by atoms with Crippen LogP contribution in [0.15, 0.2) is 48.5 Å². The fourth-order valence-electron chi connectivity index (χ4n) is 2.96. The minimum absolute atomic E-state index is 0.115. The molecular weight excluding hydrogens is 352 g/mol. The number of benzene rings is 2. The van der Waals surface area contributed by atoms with E-state index in [1.165, 1.54) is 17.2 Å². The molecule has 1 atom stereocenters. The summed E-state index contributed by atoms with van der Waals surface area (Å²) in [4.78, 5) is 14.4. The van der Waals surface area contributed by atoms with Crippen LogP contribution in [0.25, 0.3) is 6.08 Å². The van der Waals surface area contributed by atoms with Crippen LogP contribution in [0.2, 0.25) is 0 Å². The molecule has 2 aromatic rings. The highest BCUT2D eigenvalue weighted by molar-refractivity contribution is 5.91. The first-order valence-corrected chi connectivity index (χ1v) is 9.41. The second kappa shape index (κ2) is 10.5. The molecule has 28 heavy (non-hydrogen) atoms. The van der Waals surface area contributed by atoms with Gasteiger partial charge in [0.1, 0.15) is 0 Å². The van der Waals surface area contributed by atoms with E-state index in [1.807, 2.05) is 32.3 Å². The molecule has 5 heteroatoms. The fourth-order valence-corrected chi connectivity index (χ4v) is 2.96. The number of amides is 1. The van der Waals surface area contributed by atoms with Crippen LogP contribution in [0, 0.1) is 0 Å². The van der Waals surface area contributed by atoms with Crippen LogP contribution in [0.3, 0.4) is 0 Å². The van der Waals surface area contributed by atoms with Gasteiger partial charge in [-0.05, 0) is 55.4 Å². The molecule has 0 aliphatic heterocycles. The Labute approximate surface area is 168 Å². The minimum Gasteiger partial charge on any atom is -0.493 e. The normalized spacial score (nSPS) is 12.2. The molecule has 1 unspecified atom stereocenters. The predicted molar refractivity (Wildman–Crippen MR) is 114 cm³/mol. The molecule has 0 saturated carbocycles. The number of rotatable bonds is 9. The maximum Gasteiger partial charge on any atom is 0.244 e. The van der Waals surface area contributed by atoms with Crippen molar-refractivity contribution >= 4 is 12.0 Å². The van der Waals surface area contributed by atoms with E-state index in [9.17, 15) is 4.79 Å². The van der Waals surface area contributed by atoms with Gasteiger partial charge in [0.25, 0.3) is 0 Å². The van der Waals surface area contributed by atoms with Crippen LogP contribution in [0.4, 0.5) is 0 Å². The van der Waals surface area contributed by atoms with Crippen molar-refractivity contribution in [2.24, 2.45) is 0 Å². The molecule has 0 radical (unpaired) electrons. The first-order valence-electron chi connectivity index (χ1n) is 9.41. The van der Waals surface area contributed by atoms with Gasteiger partial charge in [-0.25, -0.2) is 0 Å². The Morgan fingerprint density at radius 1 is 1.07 bits per heavy atom. The largest absolute Gasteiger partial charge is 0.493 e. The van der Waals surface area contributed by atoms with E-state index in [0.29, 0.717) is 18.0 Å². The SMILES string of the molecule is CCc1ccc(C(CNC(=O)/C=C/c2ccc(OC)c(OC)c2)N(C)C)cc1. The summed E-state index contributed by atoms with van der Waals surface area (Å²) in [6.07, 6.45) is 4.32. The van der Waals surface area contributed by atoms with E-state index in [0.717, 1.165) is 12.0 Å². The molecule has 0 aliphatic carbocycles. The van der Waals surface area contributed by atoms with E-state index >= 15 is 0 Å². The third-order valence-electron chi connectivity index (χ3n) is 4.70. The molecule has 2 rings (SSSR count). The molecular formula is C23H30N2O3. The summed E-state index contributed by atoms with van der Waals surface area (Å²) in [7, 11) is 7.22. The first kappa shape index (κ1) is 21.5. The van der Waals surface area contributed by atoms with Crippen molar-refractivity contribution in [2.45, 2.75) is 19.4 Å². The average molecular weight is 383 g/mol. The predicted octanol–water partition coefficient (Wildman–Crippen LogP) is 3.70. The number of likely N-dealkylation sites (N-methyl/N-ethyl adjacent to an activating group) is 1. The first-order chi connectivity index (χ1) is 13.5. The summed E-state index contributed by atoms with van der Waals surface area (Å²) in [5.74, 6) is 1.16. The molecule has 150 valence electrons. The van der Waals surface area contributed by atoms with Crippen LogP contribution in [-0.4, -0.2) is 45.7 Å². The number of methoxy groups -OCH3 is 2. The number of carbonyl (C=O) groups excluding carboxylic acids is 1. The smallest absolute Gasteiger partial charge is 0.244 e. The number of carbonyl (C=O) groups is 1. The number of ether oxygens (including phenoxy) is 2. The maximum atomic E-state index is 12.3. The summed E-state index contributed by atoms with van der Waals surface area (Å²) in [6, 6.07) is 14.2. The van der Waals surface area contributed by atoms with Crippen molar-refractivity contribution in [3.8, 4) is 11.5 Å². The highest BCUT2D eigenvalue weighted by Crippen LogP contribution is 2.28. The molecule has 0 bridgehead atoms. The zero-order valence-corrected chi connectivity index (χ0v) is 17.4. The number of hydrogen-bond donors (Lipinski definition) is 1. The molecule has 1 amide bonds. The minimum atomic E-state index is -0.133. The van der Waals surface area contributed by atoms with Crippen LogP contribution < -0.4 is 14.8 Å². The number of nitrogens with one attached hydrogen (secondary N) is 1. The van der Waals surface area contributed by atoms with Gasteiger partial charge in [-0.3, -0.25) is 4.79 Å². The summed E-state index contributed by atoms with van der Waals surface area (Å²) in [6.45, 7) is 2.68. The Balaban J connectivity index is 1.99. The average Bonchev–Trinajstić information content (AvgIpc) is 2.72. The Morgan fingerprint density at radius 2 is 1.75 bits per heavy atom. The molecule has 2 aromatic carbocycles. The number of hydrogen-bond acceptors (Lipinski definition) is 4. The van der Waals surface area contributed by atoms with Crippen molar-refractivity contribution < 1.29 is 14.3 Å². The lowest BCUT2D eigenvalue weighted by atomic mass is 10.0. The van der Waals surface area contributed by atoms with Gasteiger partial charge in [0, 0.05) is 12.6 Å². The second-order valence-corrected chi connectivity index (χ2v) is 6.77. The molecule has 0 saturated heterocycles. The van der Waals surface area contributed by atoms with Crippen LogP contribution >= 0.6 is 0 Å². The molecule has 5 nitrogen and oxygen atoms in total. The van der Waals surface area contributed by atoms with Gasteiger partial charge in [-0.2, -0.15) is 0 Å². The van der Waals surface area contributed by atoms with Crippen LogP contribution in [0.1, 0.15) is 29.7 Å². The van der Waals surface area contributed by atoms with E-state index in [2.05, 4.69) is 41.4 Å². The molecule has 0 heterocycles. The van der Waals surface area contributed by atoms with Gasteiger partial charge in [0.15, 0.2) is 11.5 Å². The second-order valence-electron chi connectivity index (χ2n) is 6.77. The lowest BCUT2D eigenvalue weighted by Gasteiger charge is -2.25. The highest BCUT2D eigenvalue weighted by Gasteiger charge is 2.14. The van der Waals surface area contributed by atoms with Gasteiger partial charge in [-0.1, -0.05) is 37.3 Å². The van der Waals surface area contributed by atoms with Crippen molar-refractivity contribution in [1.82, 2.24) is 10.2 Å². The Bertz CT molecular complexity index is 798. The van der Waals surface area contributed by atoms with Crippen molar-refractivity contribution in [1.29, 1.82) is 0 Å². The van der Waals surface area contributed by atoms with E-state index < -0.39 is 0 Å². The van der Waals surface area contributed by atoms with Gasteiger partial charge < -0.3 is 19.7 Å². The van der Waals surface area contributed by atoms with Crippen molar-refractivity contribution in [3.63, 3.8) is 0 Å². The summed E-state index contributed by atoms with van der Waals surface area (Å²) >= 11 is 0. The third-order valence-corrected chi connectivity index (χ3v) is 4.70. The molecule has 0 aromatic heterocycles. The zero-order valence-electron chi connectivity index (χ0n) is 17.4. The lowest BCUT2D eigenvalue weighted by molar-refractivity contribution is -0.116. The summed E-state index contributed by atoms with van der Waals surface area (Å²) < 4.78 is 10.5. The van der Waals surface area contributed by atoms with E-state index in [-0.39, 0.29) is 11.9 Å². The Hall–Kier alpha value is -2.79. The topological polar surface area (TPSA) is 50.8 Å². The number of aryl methyl sites for hydroxylation is 1. The van der Waals surface area contributed by atoms with E-state index in [4.69, 9.17) is 9.47 Å². The van der Waals surface area contributed by atoms with Gasteiger partial charge >= 0.3 is 0 Å². The lowest BCUT2D eigenvalue weighted by Crippen LogP contribution is -2.33. The Kier molecular flexibility index (Phi) is 8.08. The monoisotopic (exact) mass is 382 g/mol. The molecule has 0 aliphatic rings. The molecule has 0 fully saturated rings. The zero-order chi connectivity index (χ0) is 20.5. The number of nitrogens with zero attached hydrogens (tertiary/aromatic N) is 1. The third kappa shape index (κ3) is 5.86. The highest BCUT2D eigenvalue weighted by atomic mass is 16.5.